The molecule has 0 spiro atoms. The van der Waals surface area contributed by atoms with E-state index < -0.39 is 5.60 Å². The van der Waals surface area contributed by atoms with Crippen LogP contribution < -0.4 is 5.32 Å². The van der Waals surface area contributed by atoms with Gasteiger partial charge in [0.25, 0.3) is 5.91 Å². The molecule has 1 aliphatic heterocycles. The number of benzene rings is 1. The van der Waals surface area contributed by atoms with Crippen LogP contribution in [-0.2, 0) is 17.8 Å². The molecule has 25 heavy (non-hydrogen) atoms. The van der Waals surface area contributed by atoms with Gasteiger partial charge in [-0.3, -0.25) is 4.79 Å². The smallest absolute Gasteiger partial charge is 0.254 e. The number of hydrogen-bond acceptors (Lipinski definition) is 6. The van der Waals surface area contributed by atoms with Gasteiger partial charge in [0.05, 0.1) is 17.3 Å². The number of aromatic nitrogens is 2. The summed E-state index contributed by atoms with van der Waals surface area (Å²) in [6.45, 7) is 3.88. The number of carbonyl (C=O) groups is 1. The highest BCUT2D eigenvalue weighted by Crippen LogP contribution is 2.22. The molecule has 7 nitrogen and oxygen atoms in total. The van der Waals surface area contributed by atoms with Crippen LogP contribution in [0.15, 0.2) is 30.5 Å². The number of hydrogen-bond donors (Lipinski definition) is 2. The topological polar surface area (TPSA) is 102 Å². The molecule has 0 saturated carbocycles. The Hall–Kier alpha value is -2.98. The Bertz CT molecular complexity index is 851. The molecular formula is C18H19N5O2. The summed E-state index contributed by atoms with van der Waals surface area (Å²) in [7, 11) is 0. The summed E-state index contributed by atoms with van der Waals surface area (Å²) in [6, 6.07) is 9.18. The van der Waals surface area contributed by atoms with Gasteiger partial charge in [-0.05, 0) is 32.0 Å². The van der Waals surface area contributed by atoms with Gasteiger partial charge in [0, 0.05) is 37.0 Å². The lowest BCUT2D eigenvalue weighted by Gasteiger charge is -2.32. The third-order valence-corrected chi connectivity index (χ3v) is 3.99. The lowest BCUT2D eigenvalue weighted by atomic mass is 10.0. The number of anilines is 2. The van der Waals surface area contributed by atoms with Crippen molar-refractivity contribution in [2.24, 2.45) is 0 Å². The standard InChI is InChI=1S/C18H19N5O2/c1-18(2,25)16(24)23-7-6-15-13(11-23)10-20-17(22-15)21-14-5-3-4-12(8-14)9-19/h3-5,8,10,25H,6-7,11H2,1-2H3,(H,20,21,22). The van der Waals surface area contributed by atoms with Crippen molar-refractivity contribution in [3.63, 3.8) is 0 Å². The lowest BCUT2D eigenvalue weighted by Crippen LogP contribution is -2.47. The first-order valence-corrected chi connectivity index (χ1v) is 8.00. The highest BCUT2D eigenvalue weighted by Gasteiger charge is 2.31. The number of fused-ring (bicyclic) bond motifs is 1. The van der Waals surface area contributed by atoms with Crippen LogP contribution in [0.5, 0.6) is 0 Å². The van der Waals surface area contributed by atoms with E-state index in [1.54, 1.807) is 29.3 Å². The number of amides is 1. The molecule has 0 bridgehead atoms. The van der Waals surface area contributed by atoms with Crippen LogP contribution in [0, 0.1) is 11.3 Å². The molecule has 2 heterocycles. The van der Waals surface area contributed by atoms with Crippen molar-refractivity contribution in [2.45, 2.75) is 32.4 Å². The summed E-state index contributed by atoms with van der Waals surface area (Å²) in [5.41, 5.74) is 1.68. The maximum absolute atomic E-state index is 12.2. The van der Waals surface area contributed by atoms with Gasteiger partial charge in [-0.1, -0.05) is 6.07 Å². The van der Waals surface area contributed by atoms with Gasteiger partial charge < -0.3 is 15.3 Å². The van der Waals surface area contributed by atoms with Gasteiger partial charge in [0.1, 0.15) is 5.60 Å². The molecular weight excluding hydrogens is 318 g/mol. The first-order valence-electron chi connectivity index (χ1n) is 8.00. The Morgan fingerprint density at radius 3 is 2.96 bits per heavy atom. The van der Waals surface area contributed by atoms with E-state index in [1.807, 2.05) is 6.07 Å². The van der Waals surface area contributed by atoms with Crippen molar-refractivity contribution < 1.29 is 9.90 Å². The summed E-state index contributed by atoms with van der Waals surface area (Å²) in [5, 5.41) is 21.9. The molecule has 0 aliphatic carbocycles. The lowest BCUT2D eigenvalue weighted by molar-refractivity contribution is -0.148. The van der Waals surface area contributed by atoms with Crippen molar-refractivity contribution in [3.8, 4) is 6.07 Å². The zero-order chi connectivity index (χ0) is 18.0. The summed E-state index contributed by atoms with van der Waals surface area (Å²) in [6.07, 6.45) is 2.30. The number of nitrogens with one attached hydrogen (secondary N) is 1. The number of nitrogens with zero attached hydrogens (tertiary/aromatic N) is 4. The van der Waals surface area contributed by atoms with Crippen molar-refractivity contribution >= 4 is 17.5 Å². The van der Waals surface area contributed by atoms with Crippen molar-refractivity contribution in [1.29, 1.82) is 5.26 Å². The van der Waals surface area contributed by atoms with Crippen LogP contribution in [0.1, 0.15) is 30.7 Å². The molecule has 0 unspecified atom stereocenters. The quantitative estimate of drug-likeness (QED) is 0.884. The maximum atomic E-state index is 12.2. The molecule has 0 fully saturated rings. The van der Waals surface area contributed by atoms with Gasteiger partial charge in [-0.2, -0.15) is 5.26 Å². The Kier molecular flexibility index (Phi) is 4.38. The molecule has 1 aliphatic rings. The first-order chi connectivity index (χ1) is 11.9. The number of carbonyl (C=O) groups excluding carboxylic acids is 1. The molecule has 0 radical (unpaired) electrons. The second-order valence-corrected chi connectivity index (χ2v) is 6.52. The monoisotopic (exact) mass is 337 g/mol. The second kappa shape index (κ2) is 6.49. The molecule has 1 aromatic carbocycles. The summed E-state index contributed by atoms with van der Waals surface area (Å²) < 4.78 is 0. The molecule has 1 aromatic heterocycles. The fourth-order valence-electron chi connectivity index (χ4n) is 2.73. The van der Waals surface area contributed by atoms with Gasteiger partial charge in [-0.15, -0.1) is 0 Å². The van der Waals surface area contributed by atoms with E-state index in [2.05, 4.69) is 21.4 Å². The third kappa shape index (κ3) is 3.75. The fraction of sp³-hybridized carbons (Fsp3) is 0.333. The van der Waals surface area contributed by atoms with Crippen molar-refractivity contribution in [2.75, 3.05) is 11.9 Å². The van der Waals surface area contributed by atoms with Crippen LogP contribution in [0.25, 0.3) is 0 Å². The van der Waals surface area contributed by atoms with Gasteiger partial charge >= 0.3 is 0 Å². The molecule has 2 N–H and O–H groups in total. The van der Waals surface area contributed by atoms with E-state index in [9.17, 15) is 9.90 Å². The normalized spacial score (nSPS) is 13.8. The summed E-state index contributed by atoms with van der Waals surface area (Å²) >= 11 is 0. The number of aliphatic hydroxyl groups is 1. The maximum Gasteiger partial charge on any atom is 0.254 e. The molecule has 2 aromatic rings. The molecule has 7 heteroatoms. The molecule has 3 rings (SSSR count). The summed E-state index contributed by atoms with van der Waals surface area (Å²) in [5.74, 6) is 0.157. The minimum Gasteiger partial charge on any atom is -0.381 e. The fourth-order valence-corrected chi connectivity index (χ4v) is 2.73. The zero-order valence-electron chi connectivity index (χ0n) is 14.2. The molecule has 1 amide bonds. The molecule has 0 saturated heterocycles. The predicted molar refractivity (Wildman–Crippen MR) is 91.9 cm³/mol. The molecule has 0 atom stereocenters. The summed E-state index contributed by atoms with van der Waals surface area (Å²) in [4.78, 5) is 22.6. The Morgan fingerprint density at radius 2 is 2.24 bits per heavy atom. The predicted octanol–water partition coefficient (Wildman–Crippen LogP) is 1.75. The van der Waals surface area contributed by atoms with E-state index in [1.165, 1.54) is 13.8 Å². The van der Waals surface area contributed by atoms with Crippen LogP contribution in [-0.4, -0.2) is 38.0 Å². The minimum absolute atomic E-state index is 0.298. The third-order valence-electron chi connectivity index (χ3n) is 3.99. The van der Waals surface area contributed by atoms with Crippen LogP contribution >= 0.6 is 0 Å². The van der Waals surface area contributed by atoms with E-state index in [0.717, 1.165) is 16.9 Å². The Balaban J connectivity index is 1.76. The molecule has 128 valence electrons. The van der Waals surface area contributed by atoms with Gasteiger partial charge in [-0.25, -0.2) is 9.97 Å². The van der Waals surface area contributed by atoms with Crippen LogP contribution in [0.4, 0.5) is 11.6 Å². The zero-order valence-corrected chi connectivity index (χ0v) is 14.2. The number of rotatable bonds is 3. The van der Waals surface area contributed by atoms with Crippen molar-refractivity contribution in [3.05, 3.63) is 47.3 Å². The largest absolute Gasteiger partial charge is 0.381 e. The van der Waals surface area contributed by atoms with E-state index in [-0.39, 0.29) is 5.91 Å². The van der Waals surface area contributed by atoms with E-state index in [4.69, 9.17) is 5.26 Å². The van der Waals surface area contributed by atoms with Crippen LogP contribution in [0.2, 0.25) is 0 Å². The minimum atomic E-state index is -1.38. The SMILES string of the molecule is CC(C)(O)C(=O)N1CCc2nc(Nc3cccc(C#N)c3)ncc2C1. The average Bonchev–Trinajstić information content (AvgIpc) is 2.60. The highest BCUT2D eigenvalue weighted by molar-refractivity contribution is 5.84. The van der Waals surface area contributed by atoms with Crippen LogP contribution in [0.3, 0.4) is 0 Å². The average molecular weight is 337 g/mol. The van der Waals surface area contributed by atoms with E-state index in [0.29, 0.717) is 31.0 Å². The second-order valence-electron chi connectivity index (χ2n) is 6.52. The Morgan fingerprint density at radius 1 is 1.44 bits per heavy atom. The first kappa shape index (κ1) is 16.9. The highest BCUT2D eigenvalue weighted by atomic mass is 16.3. The van der Waals surface area contributed by atoms with E-state index >= 15 is 0 Å². The Labute approximate surface area is 145 Å². The van der Waals surface area contributed by atoms with Crippen molar-refractivity contribution in [1.82, 2.24) is 14.9 Å². The van der Waals surface area contributed by atoms with Gasteiger partial charge in [0.15, 0.2) is 0 Å². The van der Waals surface area contributed by atoms with Gasteiger partial charge in [0.2, 0.25) is 5.95 Å². The number of nitriles is 1.